The highest BCUT2D eigenvalue weighted by Crippen LogP contribution is 2.54. The Hall–Kier alpha value is -1.31. The van der Waals surface area contributed by atoms with Crippen LogP contribution < -0.4 is 5.32 Å². The summed E-state index contributed by atoms with van der Waals surface area (Å²) in [7, 11) is 2.03. The van der Waals surface area contributed by atoms with Crippen LogP contribution in [0.4, 0.5) is 0 Å². The number of hydrogen-bond donors (Lipinski definition) is 1. The molecular weight excluding hydrogens is 266 g/mol. The minimum absolute atomic E-state index is 0.545. The van der Waals surface area contributed by atoms with Crippen LogP contribution in [-0.4, -0.2) is 13.6 Å². The summed E-state index contributed by atoms with van der Waals surface area (Å²) >= 11 is 6.15. The molecule has 0 aromatic heterocycles. The van der Waals surface area contributed by atoms with Crippen molar-refractivity contribution in [1.29, 1.82) is 0 Å². The van der Waals surface area contributed by atoms with E-state index in [4.69, 9.17) is 11.6 Å². The molecule has 1 fully saturated rings. The summed E-state index contributed by atoms with van der Waals surface area (Å²) < 4.78 is 0. The minimum atomic E-state index is 0.545. The molecule has 0 heterocycles. The highest BCUT2D eigenvalue weighted by atomic mass is 35.5. The van der Waals surface area contributed by atoms with E-state index in [0.717, 1.165) is 17.5 Å². The Labute approximate surface area is 126 Å². The van der Waals surface area contributed by atoms with Crippen LogP contribution in [0.15, 0.2) is 54.6 Å². The van der Waals surface area contributed by atoms with E-state index in [0.29, 0.717) is 11.8 Å². The van der Waals surface area contributed by atoms with E-state index < -0.39 is 0 Å². The summed E-state index contributed by atoms with van der Waals surface area (Å²) in [4.78, 5) is 0. The highest BCUT2D eigenvalue weighted by Gasteiger charge is 2.43. The van der Waals surface area contributed by atoms with Gasteiger partial charge in [0.1, 0.15) is 0 Å². The molecule has 2 aromatic carbocycles. The Kier molecular flexibility index (Phi) is 4.09. The second-order valence-corrected chi connectivity index (χ2v) is 6.07. The molecule has 104 valence electrons. The number of rotatable bonds is 5. The van der Waals surface area contributed by atoms with Crippen molar-refractivity contribution in [1.82, 2.24) is 5.32 Å². The average Bonchev–Trinajstić information content (AvgIpc) is 3.26. The topological polar surface area (TPSA) is 12.0 Å². The van der Waals surface area contributed by atoms with Crippen LogP contribution in [0.25, 0.3) is 0 Å². The third-order valence-corrected chi connectivity index (χ3v) is 4.52. The number of halogens is 1. The zero-order valence-corrected chi connectivity index (χ0v) is 12.5. The molecule has 1 aliphatic carbocycles. The lowest BCUT2D eigenvalue weighted by Crippen LogP contribution is -2.19. The van der Waals surface area contributed by atoms with E-state index in [-0.39, 0.29) is 0 Å². The van der Waals surface area contributed by atoms with Crippen molar-refractivity contribution >= 4 is 11.6 Å². The van der Waals surface area contributed by atoms with Gasteiger partial charge in [0.05, 0.1) is 0 Å². The number of likely N-dealkylation sites (N-methyl/N-ethyl adjacent to an activating group) is 1. The maximum atomic E-state index is 6.15. The highest BCUT2D eigenvalue weighted by molar-refractivity contribution is 6.30. The van der Waals surface area contributed by atoms with Gasteiger partial charge in [-0.15, -0.1) is 0 Å². The van der Waals surface area contributed by atoms with Crippen LogP contribution in [0.5, 0.6) is 0 Å². The van der Waals surface area contributed by atoms with E-state index in [1.54, 1.807) is 0 Å². The average molecular weight is 286 g/mol. The van der Waals surface area contributed by atoms with Gasteiger partial charge in [-0.1, -0.05) is 54.1 Å². The van der Waals surface area contributed by atoms with Crippen LogP contribution >= 0.6 is 11.6 Å². The summed E-state index contributed by atoms with van der Waals surface area (Å²) in [5.41, 5.74) is 2.83. The third-order valence-electron chi connectivity index (χ3n) is 4.29. The lowest BCUT2D eigenvalue weighted by atomic mass is 9.91. The molecule has 3 unspecified atom stereocenters. The first kappa shape index (κ1) is 13.7. The van der Waals surface area contributed by atoms with Crippen molar-refractivity contribution < 1.29 is 0 Å². The number of nitrogens with one attached hydrogen (secondary N) is 1. The molecular formula is C18H20ClN. The van der Waals surface area contributed by atoms with Gasteiger partial charge in [0.15, 0.2) is 0 Å². The van der Waals surface area contributed by atoms with Gasteiger partial charge < -0.3 is 5.32 Å². The van der Waals surface area contributed by atoms with Gasteiger partial charge in [0.2, 0.25) is 0 Å². The van der Waals surface area contributed by atoms with Crippen LogP contribution in [-0.2, 0) is 0 Å². The molecule has 0 spiro atoms. The smallest absolute Gasteiger partial charge is 0.0408 e. The van der Waals surface area contributed by atoms with Gasteiger partial charge in [-0.2, -0.15) is 0 Å². The first-order chi connectivity index (χ1) is 9.79. The molecule has 2 heteroatoms. The molecule has 2 aromatic rings. The Morgan fingerprint density at radius 2 is 1.95 bits per heavy atom. The number of benzene rings is 2. The molecule has 1 saturated carbocycles. The molecule has 0 radical (unpaired) electrons. The van der Waals surface area contributed by atoms with Gasteiger partial charge in [0.25, 0.3) is 0 Å². The summed E-state index contributed by atoms with van der Waals surface area (Å²) in [6, 6.07) is 19.2. The molecule has 20 heavy (non-hydrogen) atoms. The van der Waals surface area contributed by atoms with E-state index in [9.17, 15) is 0 Å². The molecule has 1 N–H and O–H groups in total. The monoisotopic (exact) mass is 285 g/mol. The second-order valence-electron chi connectivity index (χ2n) is 5.64. The third kappa shape index (κ3) is 2.89. The summed E-state index contributed by atoms with van der Waals surface area (Å²) in [5.74, 6) is 1.97. The minimum Gasteiger partial charge on any atom is -0.319 e. The van der Waals surface area contributed by atoms with Crippen molar-refractivity contribution in [3.05, 3.63) is 70.7 Å². The Morgan fingerprint density at radius 3 is 2.65 bits per heavy atom. The molecule has 0 saturated heterocycles. The normalized spacial score (nSPS) is 22.5. The van der Waals surface area contributed by atoms with Gasteiger partial charge in [-0.3, -0.25) is 0 Å². The van der Waals surface area contributed by atoms with Crippen molar-refractivity contribution in [2.75, 3.05) is 13.6 Å². The number of hydrogen-bond acceptors (Lipinski definition) is 1. The molecule has 3 rings (SSSR count). The molecule has 0 aliphatic heterocycles. The van der Waals surface area contributed by atoms with E-state index in [1.165, 1.54) is 17.5 Å². The quantitative estimate of drug-likeness (QED) is 0.856. The van der Waals surface area contributed by atoms with Gasteiger partial charge in [-0.25, -0.2) is 0 Å². The van der Waals surface area contributed by atoms with Crippen LogP contribution in [0.2, 0.25) is 5.02 Å². The SMILES string of the molecule is CNCC(c1cccc(Cl)c1)C1CC1c1ccccc1. The van der Waals surface area contributed by atoms with Crippen LogP contribution in [0.1, 0.15) is 29.4 Å². The fourth-order valence-corrected chi connectivity index (χ4v) is 3.42. The fourth-order valence-electron chi connectivity index (χ4n) is 3.22. The molecule has 1 aliphatic rings. The van der Waals surface area contributed by atoms with E-state index in [2.05, 4.69) is 53.8 Å². The van der Waals surface area contributed by atoms with Crippen molar-refractivity contribution in [3.63, 3.8) is 0 Å². The van der Waals surface area contributed by atoms with Gasteiger partial charge in [-0.05, 0) is 54.5 Å². The fraction of sp³-hybridized carbons (Fsp3) is 0.333. The van der Waals surface area contributed by atoms with Gasteiger partial charge in [0, 0.05) is 11.6 Å². The standard InChI is InChI=1S/C18H20ClN/c1-20-12-18(14-8-5-9-15(19)10-14)17-11-16(17)13-6-3-2-4-7-13/h2-10,16-18,20H,11-12H2,1H3. The van der Waals surface area contributed by atoms with Gasteiger partial charge >= 0.3 is 0 Å². The summed E-state index contributed by atoms with van der Waals surface area (Å²) in [6.07, 6.45) is 1.28. The Morgan fingerprint density at radius 1 is 1.15 bits per heavy atom. The lowest BCUT2D eigenvalue weighted by molar-refractivity contribution is 0.555. The maximum Gasteiger partial charge on any atom is 0.0408 e. The predicted octanol–water partition coefficient (Wildman–Crippen LogP) is 4.45. The van der Waals surface area contributed by atoms with Crippen molar-refractivity contribution in [2.45, 2.75) is 18.3 Å². The zero-order chi connectivity index (χ0) is 13.9. The Bertz CT molecular complexity index is 567. The molecule has 1 nitrogen and oxygen atoms in total. The van der Waals surface area contributed by atoms with E-state index >= 15 is 0 Å². The van der Waals surface area contributed by atoms with Crippen LogP contribution in [0, 0.1) is 5.92 Å². The van der Waals surface area contributed by atoms with E-state index in [1.807, 2.05) is 13.1 Å². The first-order valence-corrected chi connectivity index (χ1v) is 7.62. The van der Waals surface area contributed by atoms with Crippen LogP contribution in [0.3, 0.4) is 0 Å². The Balaban J connectivity index is 1.80. The zero-order valence-electron chi connectivity index (χ0n) is 11.7. The molecule has 0 bridgehead atoms. The second kappa shape index (κ2) is 5.99. The molecule has 0 amide bonds. The van der Waals surface area contributed by atoms with Crippen molar-refractivity contribution in [2.24, 2.45) is 5.92 Å². The molecule has 3 atom stereocenters. The maximum absolute atomic E-state index is 6.15. The largest absolute Gasteiger partial charge is 0.319 e. The van der Waals surface area contributed by atoms with Crippen molar-refractivity contribution in [3.8, 4) is 0 Å². The summed E-state index contributed by atoms with van der Waals surface area (Å²) in [5, 5.41) is 4.17. The first-order valence-electron chi connectivity index (χ1n) is 7.24. The lowest BCUT2D eigenvalue weighted by Gasteiger charge is -2.17. The predicted molar refractivity (Wildman–Crippen MR) is 85.4 cm³/mol. The summed E-state index contributed by atoms with van der Waals surface area (Å²) in [6.45, 7) is 1.01.